The molecule has 3 heterocycles. The van der Waals surface area contributed by atoms with Gasteiger partial charge in [0.05, 0.1) is 11.9 Å². The number of hydrogen-bond acceptors (Lipinski definition) is 6. The highest BCUT2D eigenvalue weighted by atomic mass is 32.1. The summed E-state index contributed by atoms with van der Waals surface area (Å²) >= 11 is 1.77. The lowest BCUT2D eigenvalue weighted by molar-refractivity contribution is -0.119. The van der Waals surface area contributed by atoms with Crippen LogP contribution in [0, 0.1) is 0 Å². The number of amides is 1. The number of hydrogen-bond donors (Lipinski definition) is 1. The molecular weight excluding hydrogens is 346 g/mol. The molecule has 0 spiro atoms. The van der Waals surface area contributed by atoms with Gasteiger partial charge in [-0.1, -0.05) is 0 Å². The second kappa shape index (κ2) is 6.99. The molecule has 6 nitrogen and oxygen atoms in total. The topological polar surface area (TPSA) is 71.0 Å². The molecule has 134 valence electrons. The number of carbonyl (C=O) groups is 1. The predicted molar refractivity (Wildman–Crippen MR) is 105 cm³/mol. The van der Waals surface area contributed by atoms with Crippen LogP contribution < -0.4 is 10.2 Å². The molecule has 0 radical (unpaired) electrons. The van der Waals surface area contributed by atoms with Crippen LogP contribution in [-0.4, -0.2) is 41.5 Å². The van der Waals surface area contributed by atoms with Crippen LogP contribution in [0.1, 0.15) is 23.3 Å². The molecular formula is C19H21N5OS. The molecule has 0 fully saturated rings. The van der Waals surface area contributed by atoms with Gasteiger partial charge < -0.3 is 10.2 Å². The summed E-state index contributed by atoms with van der Waals surface area (Å²) in [6.07, 6.45) is 8.11. The minimum absolute atomic E-state index is 0.0358. The van der Waals surface area contributed by atoms with Crippen LogP contribution in [-0.2, 0) is 17.6 Å². The van der Waals surface area contributed by atoms with Gasteiger partial charge in [0.15, 0.2) is 5.82 Å². The fourth-order valence-corrected chi connectivity index (χ4v) is 4.66. The smallest absolute Gasteiger partial charge is 0.239 e. The Morgan fingerprint density at radius 1 is 1.31 bits per heavy atom. The highest BCUT2D eigenvalue weighted by Crippen LogP contribution is 2.40. The van der Waals surface area contributed by atoms with Crippen molar-refractivity contribution >= 4 is 33.3 Å². The Labute approximate surface area is 156 Å². The summed E-state index contributed by atoms with van der Waals surface area (Å²) in [5.74, 6) is 1.45. The second-order valence-corrected chi connectivity index (χ2v) is 7.62. The van der Waals surface area contributed by atoms with Crippen molar-refractivity contribution in [3.05, 3.63) is 35.0 Å². The molecule has 0 aromatic carbocycles. The average molecular weight is 367 g/mol. The first-order valence-corrected chi connectivity index (χ1v) is 9.63. The number of aryl methyl sites for hydroxylation is 2. The van der Waals surface area contributed by atoms with E-state index in [1.54, 1.807) is 30.8 Å². The first kappa shape index (κ1) is 16.9. The van der Waals surface area contributed by atoms with Crippen LogP contribution in [0.5, 0.6) is 0 Å². The van der Waals surface area contributed by atoms with Crippen LogP contribution in [0.4, 0.5) is 5.82 Å². The number of thiophene rings is 1. The molecule has 0 unspecified atom stereocenters. The Morgan fingerprint density at radius 3 is 2.92 bits per heavy atom. The number of aromatic nitrogens is 3. The molecule has 4 rings (SSSR count). The monoisotopic (exact) mass is 367 g/mol. The highest BCUT2D eigenvalue weighted by Gasteiger charge is 2.23. The van der Waals surface area contributed by atoms with Crippen LogP contribution in [0.2, 0.25) is 0 Å². The van der Waals surface area contributed by atoms with E-state index in [0.29, 0.717) is 5.82 Å². The molecule has 0 saturated carbocycles. The number of nitrogens with zero attached hydrogens (tertiary/aromatic N) is 4. The van der Waals surface area contributed by atoms with Crippen molar-refractivity contribution in [1.82, 2.24) is 20.3 Å². The summed E-state index contributed by atoms with van der Waals surface area (Å²) < 4.78 is 0. The minimum Gasteiger partial charge on any atom is -0.358 e. The molecule has 1 N–H and O–H groups in total. The van der Waals surface area contributed by atoms with Gasteiger partial charge in [-0.15, -0.1) is 11.3 Å². The molecule has 0 bridgehead atoms. The largest absolute Gasteiger partial charge is 0.358 e. The lowest BCUT2D eigenvalue weighted by Crippen LogP contribution is -2.33. The fourth-order valence-electron chi connectivity index (χ4n) is 3.41. The maximum atomic E-state index is 11.9. The lowest BCUT2D eigenvalue weighted by atomic mass is 9.97. The van der Waals surface area contributed by atoms with E-state index in [4.69, 9.17) is 9.97 Å². The third-order valence-corrected chi connectivity index (χ3v) is 5.92. The second-order valence-electron chi connectivity index (χ2n) is 6.53. The van der Waals surface area contributed by atoms with Crippen molar-refractivity contribution < 1.29 is 4.79 Å². The maximum absolute atomic E-state index is 11.9. The van der Waals surface area contributed by atoms with Crippen molar-refractivity contribution in [2.24, 2.45) is 0 Å². The van der Waals surface area contributed by atoms with Crippen LogP contribution in [0.15, 0.2) is 24.5 Å². The van der Waals surface area contributed by atoms with Gasteiger partial charge in [-0.25, -0.2) is 9.97 Å². The summed E-state index contributed by atoms with van der Waals surface area (Å²) in [5.41, 5.74) is 2.25. The van der Waals surface area contributed by atoms with E-state index in [0.717, 1.165) is 34.4 Å². The third-order valence-electron chi connectivity index (χ3n) is 4.74. The molecule has 0 aliphatic heterocycles. The van der Waals surface area contributed by atoms with Crippen molar-refractivity contribution in [2.75, 3.05) is 25.5 Å². The number of pyridine rings is 1. The van der Waals surface area contributed by atoms with Gasteiger partial charge in [-0.3, -0.25) is 9.78 Å². The van der Waals surface area contributed by atoms with Gasteiger partial charge >= 0.3 is 0 Å². The third kappa shape index (κ3) is 3.03. The normalized spacial score (nSPS) is 13.5. The van der Waals surface area contributed by atoms with Crippen LogP contribution in [0.25, 0.3) is 21.6 Å². The zero-order valence-electron chi connectivity index (χ0n) is 15.0. The van der Waals surface area contributed by atoms with E-state index in [1.807, 2.05) is 24.1 Å². The minimum atomic E-state index is -0.0358. The summed E-state index contributed by atoms with van der Waals surface area (Å²) in [7, 11) is 3.57. The number of carbonyl (C=O) groups excluding carboxylic acids is 1. The molecule has 1 aliphatic rings. The quantitative estimate of drug-likeness (QED) is 0.768. The summed E-state index contributed by atoms with van der Waals surface area (Å²) in [4.78, 5) is 30.1. The molecule has 1 aliphatic carbocycles. The van der Waals surface area contributed by atoms with E-state index < -0.39 is 0 Å². The van der Waals surface area contributed by atoms with E-state index >= 15 is 0 Å². The zero-order chi connectivity index (χ0) is 18.1. The molecule has 3 aromatic heterocycles. The van der Waals surface area contributed by atoms with Crippen LogP contribution in [0.3, 0.4) is 0 Å². The molecule has 3 aromatic rings. The Balaban J connectivity index is 1.90. The molecule has 26 heavy (non-hydrogen) atoms. The van der Waals surface area contributed by atoms with Gasteiger partial charge in [0, 0.05) is 36.9 Å². The Morgan fingerprint density at radius 2 is 2.15 bits per heavy atom. The molecule has 7 heteroatoms. The Bertz CT molecular complexity index is 953. The Hall–Kier alpha value is -2.54. The molecule has 0 saturated heterocycles. The number of anilines is 1. The van der Waals surface area contributed by atoms with Gasteiger partial charge in [0.25, 0.3) is 0 Å². The van der Waals surface area contributed by atoms with Crippen molar-refractivity contribution in [2.45, 2.75) is 25.7 Å². The number of rotatable bonds is 4. The van der Waals surface area contributed by atoms with E-state index in [1.165, 1.54) is 23.3 Å². The van der Waals surface area contributed by atoms with E-state index in [-0.39, 0.29) is 12.5 Å². The van der Waals surface area contributed by atoms with E-state index in [2.05, 4.69) is 10.3 Å². The first-order chi connectivity index (χ1) is 12.7. The van der Waals surface area contributed by atoms with Crippen molar-refractivity contribution in [3.8, 4) is 11.4 Å². The Kier molecular flexibility index (Phi) is 4.55. The van der Waals surface area contributed by atoms with Crippen molar-refractivity contribution in [3.63, 3.8) is 0 Å². The van der Waals surface area contributed by atoms with Crippen LogP contribution >= 0.6 is 11.3 Å². The summed E-state index contributed by atoms with van der Waals surface area (Å²) in [6.45, 7) is 0.264. The number of nitrogens with one attached hydrogen (secondary N) is 1. The SMILES string of the molecule is CNC(=O)CN(C)c1nc(-c2cccnc2)nc2sc3c(c12)CCCC3. The number of likely N-dealkylation sites (N-methyl/N-ethyl adjacent to an activating group) is 2. The number of fused-ring (bicyclic) bond motifs is 3. The van der Waals surface area contributed by atoms with E-state index in [9.17, 15) is 4.79 Å². The average Bonchev–Trinajstić information content (AvgIpc) is 3.06. The fraction of sp³-hybridized carbons (Fsp3) is 0.368. The molecule has 1 amide bonds. The molecule has 0 atom stereocenters. The lowest BCUT2D eigenvalue weighted by Gasteiger charge is -2.20. The first-order valence-electron chi connectivity index (χ1n) is 8.81. The predicted octanol–water partition coefficient (Wildman–Crippen LogP) is 2.81. The van der Waals surface area contributed by atoms with Gasteiger partial charge in [-0.2, -0.15) is 0 Å². The van der Waals surface area contributed by atoms with Gasteiger partial charge in [-0.05, 0) is 43.4 Å². The van der Waals surface area contributed by atoms with Gasteiger partial charge in [0.2, 0.25) is 5.91 Å². The van der Waals surface area contributed by atoms with Gasteiger partial charge in [0.1, 0.15) is 10.6 Å². The summed E-state index contributed by atoms with van der Waals surface area (Å²) in [6, 6.07) is 3.85. The highest BCUT2D eigenvalue weighted by molar-refractivity contribution is 7.19. The van der Waals surface area contributed by atoms with Crippen molar-refractivity contribution in [1.29, 1.82) is 0 Å². The standard InChI is InChI=1S/C19H21N5OS/c1-20-15(25)11-24(2)18-16-13-7-3-4-8-14(13)26-19(16)23-17(22-18)12-6-5-9-21-10-12/h5-6,9-10H,3-4,7-8,11H2,1-2H3,(H,20,25). The summed E-state index contributed by atoms with van der Waals surface area (Å²) in [5, 5.41) is 3.80. The maximum Gasteiger partial charge on any atom is 0.239 e. The zero-order valence-corrected chi connectivity index (χ0v) is 15.8.